The predicted octanol–water partition coefficient (Wildman–Crippen LogP) is 2.78. The third kappa shape index (κ3) is 2.12. The van der Waals surface area contributed by atoms with Crippen LogP contribution in [0.3, 0.4) is 0 Å². The lowest BCUT2D eigenvalue weighted by molar-refractivity contribution is -0.129. The first-order chi connectivity index (χ1) is 9.11. The molecule has 1 atom stereocenters. The van der Waals surface area contributed by atoms with Crippen molar-refractivity contribution in [2.75, 3.05) is 13.6 Å². The van der Waals surface area contributed by atoms with E-state index in [0.29, 0.717) is 5.88 Å². The number of rotatable bonds is 2. The molecule has 0 radical (unpaired) electrons. The quantitative estimate of drug-likeness (QED) is 0.585. The molecule has 2 heterocycles. The third-order valence-electron chi connectivity index (χ3n) is 3.56. The minimum absolute atomic E-state index is 0.143. The summed E-state index contributed by atoms with van der Waals surface area (Å²) in [5, 5.41) is 0. The monoisotopic (exact) mass is 389 g/mol. The highest BCUT2D eigenvalue weighted by molar-refractivity contribution is 14.1. The number of halogens is 2. The van der Waals surface area contributed by atoms with Crippen molar-refractivity contribution >= 4 is 51.1 Å². The normalized spacial score (nSPS) is 19.6. The van der Waals surface area contributed by atoms with Crippen LogP contribution in [0.1, 0.15) is 18.3 Å². The van der Waals surface area contributed by atoms with Gasteiger partial charge in [-0.05, 0) is 47.2 Å². The summed E-state index contributed by atoms with van der Waals surface area (Å²) in [6.07, 6.45) is 0.816. The van der Waals surface area contributed by atoms with Crippen LogP contribution in [0.4, 0.5) is 0 Å². The summed E-state index contributed by atoms with van der Waals surface area (Å²) in [5.41, 5.74) is 1.90. The summed E-state index contributed by atoms with van der Waals surface area (Å²) in [5.74, 6) is 1.23. The molecule has 1 aromatic heterocycles. The van der Waals surface area contributed by atoms with E-state index in [2.05, 4.69) is 27.6 Å². The van der Waals surface area contributed by atoms with Crippen molar-refractivity contribution in [3.8, 4) is 0 Å². The van der Waals surface area contributed by atoms with Gasteiger partial charge in [0.25, 0.3) is 0 Å². The second kappa shape index (κ2) is 4.94. The molecule has 1 aliphatic heterocycles. The summed E-state index contributed by atoms with van der Waals surface area (Å²) in [6.45, 7) is 0.787. The molecule has 1 fully saturated rings. The number of aromatic nitrogens is 2. The second-order valence-corrected chi connectivity index (χ2v) is 6.24. The Balaban J connectivity index is 2.19. The maximum atomic E-state index is 12.2. The molecule has 0 spiro atoms. The molecule has 4 nitrogen and oxygen atoms in total. The van der Waals surface area contributed by atoms with Gasteiger partial charge in [0.05, 0.1) is 16.9 Å². The van der Waals surface area contributed by atoms with E-state index in [4.69, 9.17) is 11.6 Å². The SMILES string of the molecule is CN1CCC(n2c(CCl)nc3cc(I)ccc32)C1=O. The van der Waals surface area contributed by atoms with Crippen LogP contribution in [-0.4, -0.2) is 34.0 Å². The van der Waals surface area contributed by atoms with Crippen molar-refractivity contribution in [1.82, 2.24) is 14.5 Å². The van der Waals surface area contributed by atoms with E-state index in [9.17, 15) is 4.79 Å². The van der Waals surface area contributed by atoms with Gasteiger partial charge in [0, 0.05) is 17.2 Å². The number of benzene rings is 1. The van der Waals surface area contributed by atoms with Gasteiger partial charge >= 0.3 is 0 Å². The first kappa shape index (κ1) is 13.2. The zero-order valence-electron chi connectivity index (χ0n) is 10.4. The number of likely N-dealkylation sites (tertiary alicyclic amines) is 1. The number of likely N-dealkylation sites (N-methyl/N-ethyl adjacent to an activating group) is 1. The van der Waals surface area contributed by atoms with E-state index in [-0.39, 0.29) is 11.9 Å². The maximum Gasteiger partial charge on any atom is 0.245 e. The Morgan fingerprint density at radius 3 is 2.95 bits per heavy atom. The van der Waals surface area contributed by atoms with Crippen LogP contribution >= 0.6 is 34.2 Å². The van der Waals surface area contributed by atoms with Gasteiger partial charge in [0.15, 0.2) is 0 Å². The molecule has 3 rings (SSSR count). The van der Waals surface area contributed by atoms with Crippen molar-refractivity contribution in [3.05, 3.63) is 27.6 Å². The van der Waals surface area contributed by atoms with Gasteiger partial charge in [0.2, 0.25) is 5.91 Å². The molecule has 0 saturated carbocycles. The number of nitrogens with zero attached hydrogens (tertiary/aromatic N) is 3. The molecule has 100 valence electrons. The second-order valence-electron chi connectivity index (χ2n) is 4.73. The predicted molar refractivity (Wildman–Crippen MR) is 83.3 cm³/mol. The smallest absolute Gasteiger partial charge is 0.245 e. The first-order valence-corrected chi connectivity index (χ1v) is 7.70. The van der Waals surface area contributed by atoms with Crippen LogP contribution in [0.5, 0.6) is 0 Å². The molecule has 1 saturated heterocycles. The average molecular weight is 390 g/mol. The number of amides is 1. The third-order valence-corrected chi connectivity index (χ3v) is 4.47. The molecule has 1 unspecified atom stereocenters. The zero-order chi connectivity index (χ0) is 13.6. The fourth-order valence-corrected chi connectivity index (χ4v) is 3.27. The molecule has 1 aromatic carbocycles. The van der Waals surface area contributed by atoms with Crippen molar-refractivity contribution in [3.63, 3.8) is 0 Å². The fraction of sp³-hybridized carbons (Fsp3) is 0.385. The molecule has 19 heavy (non-hydrogen) atoms. The maximum absolute atomic E-state index is 12.2. The van der Waals surface area contributed by atoms with Gasteiger partial charge < -0.3 is 9.47 Å². The first-order valence-electron chi connectivity index (χ1n) is 6.09. The Morgan fingerprint density at radius 2 is 2.32 bits per heavy atom. The van der Waals surface area contributed by atoms with Crippen LogP contribution in [0.25, 0.3) is 11.0 Å². The number of hydrogen-bond acceptors (Lipinski definition) is 2. The molecule has 1 amide bonds. The molecule has 0 aliphatic carbocycles. The van der Waals surface area contributed by atoms with E-state index < -0.39 is 0 Å². The summed E-state index contributed by atoms with van der Waals surface area (Å²) in [6, 6.07) is 5.91. The average Bonchev–Trinajstić information content (AvgIpc) is 2.90. The summed E-state index contributed by atoms with van der Waals surface area (Å²) >= 11 is 8.25. The lowest BCUT2D eigenvalue weighted by atomic mass is 10.2. The molecule has 6 heteroatoms. The van der Waals surface area contributed by atoms with E-state index in [1.807, 2.05) is 29.8 Å². The summed E-state index contributed by atoms with van der Waals surface area (Å²) < 4.78 is 3.13. The standard InChI is InChI=1S/C13H13ClIN3O/c1-17-5-4-11(13(17)19)18-10-3-2-8(15)6-9(10)16-12(18)7-14/h2-3,6,11H,4-5,7H2,1H3. The van der Waals surface area contributed by atoms with Gasteiger partial charge in [-0.15, -0.1) is 11.6 Å². The minimum atomic E-state index is -0.163. The fourth-order valence-electron chi connectivity index (χ4n) is 2.61. The number of carbonyl (C=O) groups excluding carboxylic acids is 1. The Bertz CT molecular complexity index is 655. The number of hydrogen-bond donors (Lipinski definition) is 0. The van der Waals surface area contributed by atoms with Crippen LogP contribution < -0.4 is 0 Å². The van der Waals surface area contributed by atoms with E-state index in [0.717, 1.165) is 33.4 Å². The number of alkyl halides is 1. The Kier molecular flexibility index (Phi) is 3.42. The van der Waals surface area contributed by atoms with Gasteiger partial charge in [-0.25, -0.2) is 4.98 Å². The number of carbonyl (C=O) groups is 1. The minimum Gasteiger partial charge on any atom is -0.344 e. The van der Waals surface area contributed by atoms with Crippen molar-refractivity contribution in [1.29, 1.82) is 0 Å². The molecule has 1 aliphatic rings. The van der Waals surface area contributed by atoms with Gasteiger partial charge in [-0.1, -0.05) is 0 Å². The zero-order valence-corrected chi connectivity index (χ0v) is 13.3. The molecule has 0 N–H and O–H groups in total. The highest BCUT2D eigenvalue weighted by Gasteiger charge is 2.33. The topological polar surface area (TPSA) is 38.1 Å². The molecular weight excluding hydrogens is 377 g/mol. The Morgan fingerprint density at radius 1 is 1.53 bits per heavy atom. The van der Waals surface area contributed by atoms with Crippen LogP contribution in [0, 0.1) is 3.57 Å². The van der Waals surface area contributed by atoms with E-state index in [1.165, 1.54) is 0 Å². The highest BCUT2D eigenvalue weighted by Crippen LogP contribution is 2.29. The summed E-state index contributed by atoms with van der Waals surface area (Å²) in [4.78, 5) is 18.5. The van der Waals surface area contributed by atoms with Gasteiger partial charge in [-0.2, -0.15) is 0 Å². The highest BCUT2D eigenvalue weighted by atomic mass is 127. The van der Waals surface area contributed by atoms with Crippen LogP contribution in [-0.2, 0) is 10.7 Å². The van der Waals surface area contributed by atoms with Crippen molar-refractivity contribution in [2.24, 2.45) is 0 Å². The Hall–Kier alpha value is -0.820. The largest absolute Gasteiger partial charge is 0.344 e. The van der Waals surface area contributed by atoms with E-state index in [1.54, 1.807) is 4.90 Å². The van der Waals surface area contributed by atoms with Gasteiger partial charge in [0.1, 0.15) is 11.9 Å². The van der Waals surface area contributed by atoms with Crippen molar-refractivity contribution < 1.29 is 4.79 Å². The van der Waals surface area contributed by atoms with Crippen LogP contribution in [0.15, 0.2) is 18.2 Å². The Labute approximate surface area is 129 Å². The van der Waals surface area contributed by atoms with E-state index >= 15 is 0 Å². The van der Waals surface area contributed by atoms with Gasteiger partial charge in [-0.3, -0.25) is 4.79 Å². The lowest BCUT2D eigenvalue weighted by Crippen LogP contribution is -2.25. The summed E-state index contributed by atoms with van der Waals surface area (Å²) in [7, 11) is 1.84. The lowest BCUT2D eigenvalue weighted by Gasteiger charge is -2.15. The molecule has 2 aromatic rings. The van der Waals surface area contributed by atoms with Crippen molar-refractivity contribution in [2.45, 2.75) is 18.3 Å². The molecular formula is C13H13ClIN3O. The molecule has 0 bridgehead atoms. The number of imidazole rings is 1. The number of fused-ring (bicyclic) bond motifs is 1. The van der Waals surface area contributed by atoms with Crippen LogP contribution in [0.2, 0.25) is 0 Å².